The van der Waals surface area contributed by atoms with E-state index in [0.717, 1.165) is 48.6 Å². The molecule has 65 heavy (non-hydrogen) atoms. The Labute approximate surface area is 382 Å². The van der Waals surface area contributed by atoms with Crippen molar-refractivity contribution in [2.24, 2.45) is 0 Å². The quantitative estimate of drug-likeness (QED) is 0.0862. The van der Waals surface area contributed by atoms with Crippen molar-refractivity contribution in [2.45, 2.75) is 146 Å². The Hall–Kier alpha value is -4.78. The highest BCUT2D eigenvalue weighted by atomic mass is 28.3. The third-order valence-corrected chi connectivity index (χ3v) is 21.1. The Kier molecular flexibility index (Phi) is 12.0. The summed E-state index contributed by atoms with van der Waals surface area (Å²) in [6, 6.07) is 8.82. The van der Waals surface area contributed by atoms with E-state index < -0.39 is 31.2 Å². The number of piperazine rings is 1. The van der Waals surface area contributed by atoms with Gasteiger partial charge >= 0.3 is 12.1 Å². The fourth-order valence-corrected chi connectivity index (χ4v) is 17.3. The van der Waals surface area contributed by atoms with Crippen LogP contribution >= 0.6 is 0 Å². The van der Waals surface area contributed by atoms with Crippen LogP contribution in [0, 0.1) is 17.3 Å². The van der Waals surface area contributed by atoms with Gasteiger partial charge in [0, 0.05) is 43.1 Å². The molecule has 5 unspecified atom stereocenters. The maximum absolute atomic E-state index is 18.1. The van der Waals surface area contributed by atoms with Gasteiger partial charge in [-0.2, -0.15) is 9.97 Å². The van der Waals surface area contributed by atoms with Gasteiger partial charge in [0.25, 0.3) is 0 Å². The summed E-state index contributed by atoms with van der Waals surface area (Å²) in [5.41, 5.74) is 5.18. The highest BCUT2D eigenvalue weighted by Crippen LogP contribution is 2.48. The van der Waals surface area contributed by atoms with Crippen LogP contribution in [-0.2, 0) is 9.47 Å². The molecule has 15 heteroatoms. The lowest BCUT2D eigenvalue weighted by Crippen LogP contribution is -2.63. The van der Waals surface area contributed by atoms with E-state index in [1.54, 1.807) is 13.2 Å². The van der Waals surface area contributed by atoms with E-state index in [1.165, 1.54) is 0 Å². The number of fused-ring (bicyclic) bond motifs is 7. The van der Waals surface area contributed by atoms with E-state index in [9.17, 15) is 9.18 Å². The molecular weight excluding hydrogens is 847 g/mol. The van der Waals surface area contributed by atoms with Gasteiger partial charge in [-0.25, -0.2) is 18.6 Å². The average Bonchev–Trinajstić information content (AvgIpc) is 3.85. The molecule has 12 nitrogen and oxygen atoms in total. The summed E-state index contributed by atoms with van der Waals surface area (Å²) in [5, 5.41) is 1.85. The minimum atomic E-state index is -2.17. The summed E-state index contributed by atoms with van der Waals surface area (Å²) in [7, 11) is -0.624. The van der Waals surface area contributed by atoms with Gasteiger partial charge in [0.05, 0.1) is 23.7 Å². The highest BCUT2D eigenvalue weighted by Gasteiger charge is 2.53. The third kappa shape index (κ3) is 7.94. The Morgan fingerprint density at radius 1 is 1.00 bits per heavy atom. The standard InChI is InChI=1S/C50H64F2N6O6Si/c1-29(2)65(30(3)4,31(5)6)20-17-32-13-11-14-33-21-36(63-28-60-10)22-37(40(32)33)43-42(52)44-41-45(55-47(54-44)62-27-50-18-12-19-56(50)24-34(51)23-50)57-25-35-15-16-38(39(57)26-61-46(41)53-43)58(35)48(59)64-49(7,8)9/h11,13-14,21-22,29-31,34-35,38-39H,12,15-16,18-19,23-28H2,1-10H3. The number of nitrogens with zero attached hydrogens (tertiary/aromatic N) is 6. The van der Waals surface area contributed by atoms with Crippen molar-refractivity contribution in [2.75, 3.05) is 51.7 Å². The Balaban J connectivity index is 1.23. The van der Waals surface area contributed by atoms with Gasteiger partial charge in [0.2, 0.25) is 5.88 Å². The third-order valence-electron chi connectivity index (χ3n) is 14.8. The molecule has 7 heterocycles. The lowest BCUT2D eigenvalue weighted by molar-refractivity contribution is 0.00537. The van der Waals surface area contributed by atoms with E-state index >= 15 is 4.39 Å². The molecule has 2 bridgehead atoms. The summed E-state index contributed by atoms with van der Waals surface area (Å²) in [6.07, 6.45) is 2.29. The van der Waals surface area contributed by atoms with Gasteiger partial charge in [-0.1, -0.05) is 59.6 Å². The van der Waals surface area contributed by atoms with Gasteiger partial charge in [0.1, 0.15) is 61.2 Å². The summed E-state index contributed by atoms with van der Waals surface area (Å²) >= 11 is 0. The van der Waals surface area contributed by atoms with E-state index in [1.807, 2.05) is 49.9 Å². The molecule has 0 spiro atoms. The van der Waals surface area contributed by atoms with Crippen LogP contribution in [0.25, 0.3) is 32.9 Å². The van der Waals surface area contributed by atoms with Gasteiger partial charge in [-0.05, 0) is 93.2 Å². The molecule has 5 atom stereocenters. The van der Waals surface area contributed by atoms with Crippen molar-refractivity contribution < 1.29 is 37.3 Å². The van der Waals surface area contributed by atoms with Crippen LogP contribution in [0.1, 0.15) is 100.0 Å². The Bertz CT molecular complexity index is 2540. The van der Waals surface area contributed by atoms with Crippen LogP contribution in [0.5, 0.6) is 17.6 Å². The lowest BCUT2D eigenvalue weighted by atomic mass is 9.95. The lowest BCUT2D eigenvalue weighted by Gasteiger charge is -2.46. The van der Waals surface area contributed by atoms with Crippen LogP contribution in [0.2, 0.25) is 16.6 Å². The van der Waals surface area contributed by atoms with Crippen molar-refractivity contribution in [3.63, 3.8) is 0 Å². The summed E-state index contributed by atoms with van der Waals surface area (Å²) < 4.78 is 63.6. The van der Waals surface area contributed by atoms with E-state index in [-0.39, 0.29) is 67.3 Å². The molecule has 4 aromatic rings. The zero-order valence-corrected chi connectivity index (χ0v) is 40.6. The maximum Gasteiger partial charge on any atom is 0.410 e. The van der Waals surface area contributed by atoms with Gasteiger partial charge in [-0.3, -0.25) is 9.80 Å². The first-order chi connectivity index (χ1) is 30.9. The molecule has 5 aliphatic heterocycles. The number of hydrogen-bond donors (Lipinski definition) is 0. The SMILES string of the molecule is COCOc1cc(-c2nc3c4c(nc(OCC56CCCN5CC(F)C6)nc4c2F)N2CC4CCC(C2CO3)N4C(=O)OC(C)(C)C)c2c(C#C[Si](C(C)C)(C(C)C)C(C)C)cccc2c1. The number of methoxy groups -OCH3 is 1. The van der Waals surface area contributed by atoms with Crippen molar-refractivity contribution >= 4 is 41.7 Å². The van der Waals surface area contributed by atoms with E-state index in [4.69, 9.17) is 38.6 Å². The zero-order valence-electron chi connectivity index (χ0n) is 39.6. The van der Waals surface area contributed by atoms with E-state index in [0.29, 0.717) is 58.7 Å². The minimum Gasteiger partial charge on any atom is -0.475 e. The predicted molar refractivity (Wildman–Crippen MR) is 251 cm³/mol. The number of alkyl halides is 1. The first-order valence-corrected chi connectivity index (χ1v) is 25.7. The second-order valence-electron chi connectivity index (χ2n) is 20.8. The first-order valence-electron chi connectivity index (χ1n) is 23.5. The van der Waals surface area contributed by atoms with Crippen molar-refractivity contribution in [3.8, 4) is 40.4 Å². The second kappa shape index (κ2) is 17.1. The number of anilines is 1. The first kappa shape index (κ1) is 45.4. The van der Waals surface area contributed by atoms with Crippen molar-refractivity contribution in [1.29, 1.82) is 0 Å². The fourth-order valence-electron chi connectivity index (χ4n) is 12.1. The molecule has 348 valence electrons. The number of benzene rings is 2. The zero-order chi connectivity index (χ0) is 46.2. The van der Waals surface area contributed by atoms with Crippen LogP contribution in [0.4, 0.5) is 19.4 Å². The van der Waals surface area contributed by atoms with Crippen LogP contribution in [0.15, 0.2) is 30.3 Å². The highest BCUT2D eigenvalue weighted by molar-refractivity contribution is 6.90. The number of halogens is 2. The summed E-state index contributed by atoms with van der Waals surface area (Å²) in [6.45, 7) is 21.2. The predicted octanol–water partition coefficient (Wildman–Crippen LogP) is 9.84. The monoisotopic (exact) mass is 910 g/mol. The smallest absolute Gasteiger partial charge is 0.410 e. The molecule has 9 rings (SSSR count). The topological polar surface area (TPSA) is 112 Å². The van der Waals surface area contributed by atoms with Crippen LogP contribution in [0.3, 0.4) is 0 Å². The molecule has 0 radical (unpaired) electrons. The number of aromatic nitrogens is 3. The largest absolute Gasteiger partial charge is 0.475 e. The number of rotatable bonds is 10. The molecule has 0 aliphatic carbocycles. The number of pyridine rings is 1. The molecule has 1 amide bonds. The Morgan fingerprint density at radius 3 is 2.49 bits per heavy atom. The molecule has 4 fully saturated rings. The second-order valence-corrected chi connectivity index (χ2v) is 26.4. The number of ether oxygens (including phenoxy) is 5. The molecule has 0 saturated carbocycles. The van der Waals surface area contributed by atoms with Gasteiger partial charge in [-0.15, -0.1) is 5.54 Å². The molecule has 5 aliphatic rings. The number of carbonyl (C=O) groups excluding carboxylic acids is 1. The normalized spacial score (nSPS) is 24.0. The number of carbonyl (C=O) groups is 1. The van der Waals surface area contributed by atoms with Crippen LogP contribution in [-0.4, -0.2) is 121 Å². The van der Waals surface area contributed by atoms with Gasteiger partial charge in [0.15, 0.2) is 12.6 Å². The van der Waals surface area contributed by atoms with Crippen molar-refractivity contribution in [1.82, 2.24) is 24.8 Å². The summed E-state index contributed by atoms with van der Waals surface area (Å²) in [4.78, 5) is 34.9. The maximum atomic E-state index is 18.1. The minimum absolute atomic E-state index is 0.00564. The van der Waals surface area contributed by atoms with Gasteiger partial charge < -0.3 is 28.6 Å². The van der Waals surface area contributed by atoms with Crippen molar-refractivity contribution in [3.05, 3.63) is 41.7 Å². The molecule has 2 aromatic heterocycles. The fraction of sp³-hybridized carbons (Fsp3) is 0.600. The average molecular weight is 911 g/mol. The molecular formula is C50H64F2N6O6Si. The molecule has 2 aromatic carbocycles. The number of hydrogen-bond acceptors (Lipinski definition) is 11. The van der Waals surface area contributed by atoms with Crippen LogP contribution < -0.4 is 19.1 Å². The Morgan fingerprint density at radius 2 is 1.77 bits per heavy atom. The van der Waals surface area contributed by atoms with E-state index in [2.05, 4.69) is 62.8 Å². The summed E-state index contributed by atoms with van der Waals surface area (Å²) in [5.74, 6) is 4.05. The number of amides is 1. The molecule has 0 N–H and O–H groups in total. The molecule has 4 saturated heterocycles.